The van der Waals surface area contributed by atoms with E-state index < -0.39 is 0 Å². The molecule has 0 saturated carbocycles. The number of rotatable bonds is 8. The molecule has 0 unspecified atom stereocenters. The van der Waals surface area contributed by atoms with Crippen LogP contribution < -0.4 is 11.5 Å². The summed E-state index contributed by atoms with van der Waals surface area (Å²) < 4.78 is 5.64. The molecule has 0 amide bonds. The molecule has 1 aromatic carbocycles. The van der Waals surface area contributed by atoms with Crippen LogP contribution in [0.5, 0.6) is 0 Å². The molecular formula is C14H22N4O. The zero-order chi connectivity index (χ0) is 13.9. The molecule has 0 aliphatic rings. The van der Waals surface area contributed by atoms with Gasteiger partial charge >= 0.3 is 0 Å². The van der Waals surface area contributed by atoms with Gasteiger partial charge < -0.3 is 16.2 Å². The fourth-order valence-corrected chi connectivity index (χ4v) is 1.59. The summed E-state index contributed by atoms with van der Waals surface area (Å²) in [6.45, 7) is 3.54. The quantitative estimate of drug-likeness (QED) is 0.325. The summed E-state index contributed by atoms with van der Waals surface area (Å²) in [7, 11) is 0. The lowest BCUT2D eigenvalue weighted by atomic mass is 10.1. The molecule has 0 heterocycles. The smallest absolute Gasteiger partial charge is 0.211 e. The van der Waals surface area contributed by atoms with Crippen LogP contribution in [0.15, 0.2) is 34.5 Å². The predicted molar refractivity (Wildman–Crippen MR) is 79.0 cm³/mol. The molecule has 0 radical (unpaired) electrons. The summed E-state index contributed by atoms with van der Waals surface area (Å²) in [5.74, 6) is -0.0513. The van der Waals surface area contributed by atoms with E-state index in [-0.39, 0.29) is 5.96 Å². The molecule has 5 nitrogen and oxygen atoms in total. The van der Waals surface area contributed by atoms with Gasteiger partial charge in [-0.3, -0.25) is 0 Å². The first-order valence-corrected chi connectivity index (χ1v) is 6.51. The van der Waals surface area contributed by atoms with E-state index in [0.29, 0.717) is 6.61 Å². The Balaban J connectivity index is 2.53. The lowest BCUT2D eigenvalue weighted by Gasteiger charge is -2.06. The molecule has 0 aliphatic carbocycles. The highest BCUT2D eigenvalue weighted by atomic mass is 16.5. The number of guanidine groups is 1. The van der Waals surface area contributed by atoms with Crippen molar-refractivity contribution in [2.24, 2.45) is 21.7 Å². The van der Waals surface area contributed by atoms with Gasteiger partial charge in [0.2, 0.25) is 5.96 Å². The Labute approximate surface area is 114 Å². The molecule has 1 rings (SSSR count). The zero-order valence-electron chi connectivity index (χ0n) is 11.4. The number of hydrogen-bond acceptors (Lipinski definition) is 3. The maximum atomic E-state index is 5.64. The van der Waals surface area contributed by atoms with Crippen molar-refractivity contribution in [3.63, 3.8) is 0 Å². The first-order chi connectivity index (χ1) is 9.24. The van der Waals surface area contributed by atoms with Gasteiger partial charge in [0.15, 0.2) is 0 Å². The average molecular weight is 262 g/mol. The van der Waals surface area contributed by atoms with Gasteiger partial charge in [-0.15, -0.1) is 5.10 Å². The predicted octanol–water partition coefficient (Wildman–Crippen LogP) is 2.00. The molecule has 4 N–H and O–H groups in total. The molecule has 0 aromatic heterocycles. The Morgan fingerprint density at radius 1 is 1.26 bits per heavy atom. The summed E-state index contributed by atoms with van der Waals surface area (Å²) >= 11 is 0. The van der Waals surface area contributed by atoms with Crippen LogP contribution in [0.4, 0.5) is 0 Å². The van der Waals surface area contributed by atoms with Gasteiger partial charge in [-0.1, -0.05) is 44.0 Å². The maximum Gasteiger partial charge on any atom is 0.211 e. The third kappa shape index (κ3) is 6.57. The summed E-state index contributed by atoms with van der Waals surface area (Å²) in [6.07, 6.45) is 5.13. The van der Waals surface area contributed by atoms with Gasteiger partial charge in [0.25, 0.3) is 0 Å². The largest absolute Gasteiger partial charge is 0.377 e. The SMILES string of the molecule is CCCCCOCc1ccccc1C=NN=C(N)N. The van der Waals surface area contributed by atoms with Gasteiger partial charge in [-0.2, -0.15) is 5.10 Å². The summed E-state index contributed by atoms with van der Waals surface area (Å²) in [5.41, 5.74) is 12.5. The lowest BCUT2D eigenvalue weighted by Crippen LogP contribution is -2.21. The minimum absolute atomic E-state index is 0.0513. The molecule has 1 aromatic rings. The monoisotopic (exact) mass is 262 g/mol. The van der Waals surface area contributed by atoms with E-state index in [0.717, 1.165) is 24.2 Å². The van der Waals surface area contributed by atoms with E-state index in [1.165, 1.54) is 12.8 Å². The van der Waals surface area contributed by atoms with Crippen LogP contribution in [0.25, 0.3) is 0 Å². The first-order valence-electron chi connectivity index (χ1n) is 6.51. The van der Waals surface area contributed by atoms with Crippen LogP contribution in [0, 0.1) is 0 Å². The molecule has 0 spiro atoms. The molecule has 0 saturated heterocycles. The van der Waals surface area contributed by atoms with E-state index in [4.69, 9.17) is 16.2 Å². The maximum absolute atomic E-state index is 5.64. The number of nitrogens with zero attached hydrogens (tertiary/aromatic N) is 2. The minimum Gasteiger partial charge on any atom is -0.377 e. The van der Waals surface area contributed by atoms with Crippen molar-refractivity contribution in [2.75, 3.05) is 6.61 Å². The fourth-order valence-electron chi connectivity index (χ4n) is 1.59. The van der Waals surface area contributed by atoms with Crippen LogP contribution in [-0.4, -0.2) is 18.8 Å². The lowest BCUT2D eigenvalue weighted by molar-refractivity contribution is 0.117. The van der Waals surface area contributed by atoms with E-state index >= 15 is 0 Å². The van der Waals surface area contributed by atoms with Crippen LogP contribution >= 0.6 is 0 Å². The van der Waals surface area contributed by atoms with E-state index in [1.807, 2.05) is 24.3 Å². The number of benzene rings is 1. The van der Waals surface area contributed by atoms with Crippen molar-refractivity contribution < 1.29 is 4.74 Å². The van der Waals surface area contributed by atoms with E-state index in [2.05, 4.69) is 17.1 Å². The van der Waals surface area contributed by atoms with Crippen molar-refractivity contribution in [2.45, 2.75) is 32.8 Å². The van der Waals surface area contributed by atoms with Crippen LogP contribution in [0.1, 0.15) is 37.3 Å². The van der Waals surface area contributed by atoms with Crippen molar-refractivity contribution in [1.29, 1.82) is 0 Å². The second-order valence-corrected chi connectivity index (χ2v) is 4.23. The molecule has 5 heteroatoms. The number of nitrogens with two attached hydrogens (primary N) is 2. The summed E-state index contributed by atoms with van der Waals surface area (Å²) in [6, 6.07) is 7.88. The van der Waals surface area contributed by atoms with Gasteiger partial charge in [0.05, 0.1) is 12.8 Å². The third-order valence-corrected chi connectivity index (χ3v) is 2.57. The number of unbranched alkanes of at least 4 members (excludes halogenated alkanes) is 2. The van der Waals surface area contributed by atoms with Crippen molar-refractivity contribution >= 4 is 12.2 Å². The zero-order valence-corrected chi connectivity index (χ0v) is 11.4. The summed E-state index contributed by atoms with van der Waals surface area (Å²) in [5, 5.41) is 7.40. The second-order valence-electron chi connectivity index (χ2n) is 4.23. The minimum atomic E-state index is -0.0513. The number of hydrogen-bond donors (Lipinski definition) is 2. The van der Waals surface area contributed by atoms with Crippen molar-refractivity contribution in [3.8, 4) is 0 Å². The Morgan fingerprint density at radius 2 is 2.05 bits per heavy atom. The summed E-state index contributed by atoms with van der Waals surface area (Å²) in [4.78, 5) is 0. The topological polar surface area (TPSA) is 86.0 Å². The Bertz CT molecular complexity index is 425. The Kier molecular flexibility index (Phi) is 7.27. The highest BCUT2D eigenvalue weighted by Crippen LogP contribution is 2.08. The molecule has 0 atom stereocenters. The van der Waals surface area contributed by atoms with Crippen molar-refractivity contribution in [3.05, 3.63) is 35.4 Å². The van der Waals surface area contributed by atoms with E-state index in [9.17, 15) is 0 Å². The molecular weight excluding hydrogens is 240 g/mol. The van der Waals surface area contributed by atoms with Gasteiger partial charge in [0.1, 0.15) is 0 Å². The Morgan fingerprint density at radius 3 is 2.79 bits per heavy atom. The Hall–Kier alpha value is -1.88. The fraction of sp³-hybridized carbons (Fsp3) is 0.429. The van der Waals surface area contributed by atoms with Crippen molar-refractivity contribution in [1.82, 2.24) is 0 Å². The van der Waals surface area contributed by atoms with Gasteiger partial charge in [0, 0.05) is 12.2 Å². The molecule has 19 heavy (non-hydrogen) atoms. The number of ether oxygens (including phenoxy) is 1. The first kappa shape index (κ1) is 15.2. The average Bonchev–Trinajstić information content (AvgIpc) is 2.40. The second kappa shape index (κ2) is 9.10. The van der Waals surface area contributed by atoms with Gasteiger partial charge in [-0.05, 0) is 12.0 Å². The molecule has 0 bridgehead atoms. The normalized spacial score (nSPS) is 10.8. The molecule has 0 aliphatic heterocycles. The van der Waals surface area contributed by atoms with Crippen LogP contribution in [0.2, 0.25) is 0 Å². The van der Waals surface area contributed by atoms with Crippen LogP contribution in [0.3, 0.4) is 0 Å². The third-order valence-electron chi connectivity index (χ3n) is 2.57. The van der Waals surface area contributed by atoms with Gasteiger partial charge in [-0.25, -0.2) is 0 Å². The molecule has 0 fully saturated rings. The standard InChI is InChI=1S/C14H22N4O/c1-2-3-6-9-19-11-13-8-5-4-7-12(13)10-17-18-14(15)16/h4-5,7-8,10H,2-3,6,9,11H2,1H3,(H4,15,16,18). The van der Waals surface area contributed by atoms with Crippen LogP contribution in [-0.2, 0) is 11.3 Å². The highest BCUT2D eigenvalue weighted by molar-refractivity contribution is 5.83. The van der Waals surface area contributed by atoms with E-state index in [1.54, 1.807) is 6.21 Å². The molecule has 104 valence electrons. The highest BCUT2D eigenvalue weighted by Gasteiger charge is 1.99.